The summed E-state index contributed by atoms with van der Waals surface area (Å²) in [7, 11) is 3.31. The average molecular weight is 507 g/mol. The van der Waals surface area contributed by atoms with Crippen molar-refractivity contribution in [2.75, 3.05) is 38.8 Å². The number of aryl methyl sites for hydroxylation is 1. The molecule has 8 nitrogen and oxygen atoms in total. The van der Waals surface area contributed by atoms with Crippen LogP contribution in [0.15, 0.2) is 42.6 Å². The summed E-state index contributed by atoms with van der Waals surface area (Å²) in [6, 6.07) is 12.5. The van der Waals surface area contributed by atoms with Crippen LogP contribution in [0.25, 0.3) is 10.2 Å². The van der Waals surface area contributed by atoms with E-state index in [1.807, 2.05) is 22.9 Å². The van der Waals surface area contributed by atoms with E-state index in [0.717, 1.165) is 41.5 Å². The Kier molecular flexibility index (Phi) is 7.67. The smallest absolute Gasteiger partial charge is 0.191 e. The highest BCUT2D eigenvalue weighted by Gasteiger charge is 2.19. The largest absolute Gasteiger partial charge is 0.493 e. The normalized spacial score (nSPS) is 14.3. The van der Waals surface area contributed by atoms with Crippen LogP contribution in [0.5, 0.6) is 11.5 Å². The highest BCUT2D eigenvalue weighted by molar-refractivity contribution is 7.22. The fourth-order valence-electron chi connectivity index (χ4n) is 4.66. The number of ether oxygens (including phenoxy) is 2. The van der Waals surface area contributed by atoms with E-state index < -0.39 is 0 Å². The van der Waals surface area contributed by atoms with Gasteiger partial charge in [0.15, 0.2) is 16.6 Å². The summed E-state index contributed by atoms with van der Waals surface area (Å²) < 4.78 is 14.2. The maximum atomic E-state index is 5.59. The number of nitrogens with zero attached hydrogens (tertiary/aromatic N) is 6. The van der Waals surface area contributed by atoms with Crippen LogP contribution in [0.3, 0.4) is 0 Å². The third-order valence-corrected chi connectivity index (χ3v) is 7.80. The van der Waals surface area contributed by atoms with E-state index in [1.54, 1.807) is 25.6 Å². The molecule has 0 bridgehead atoms. The number of methoxy groups -OCH3 is 2. The summed E-state index contributed by atoms with van der Waals surface area (Å²) in [5.74, 6) is 1.38. The molecule has 2 aromatic heterocycles. The molecule has 4 aromatic rings. The molecule has 190 valence electrons. The predicted molar refractivity (Wildman–Crippen MR) is 145 cm³/mol. The topological polar surface area (TPSA) is 68.5 Å². The number of likely N-dealkylation sites (tertiary alicyclic amines) is 1. The van der Waals surface area contributed by atoms with Gasteiger partial charge in [0.05, 0.1) is 43.7 Å². The van der Waals surface area contributed by atoms with Gasteiger partial charge in [0.2, 0.25) is 0 Å². The second-order valence-corrected chi connectivity index (χ2v) is 10.2. The molecule has 36 heavy (non-hydrogen) atoms. The lowest BCUT2D eigenvalue weighted by Gasteiger charge is -2.26. The number of rotatable bonds is 10. The molecule has 0 atom stereocenters. The quantitative estimate of drug-likeness (QED) is 0.289. The van der Waals surface area contributed by atoms with Crippen LogP contribution in [0.1, 0.15) is 37.4 Å². The zero-order chi connectivity index (χ0) is 24.9. The molecule has 0 N–H and O–H groups in total. The monoisotopic (exact) mass is 506 g/mol. The van der Waals surface area contributed by atoms with Crippen LogP contribution in [-0.2, 0) is 19.5 Å². The van der Waals surface area contributed by atoms with Crippen LogP contribution in [0.4, 0.5) is 10.8 Å². The Morgan fingerprint density at radius 1 is 0.972 bits per heavy atom. The first-order chi connectivity index (χ1) is 17.7. The number of benzene rings is 2. The first-order valence-electron chi connectivity index (χ1n) is 12.7. The minimum Gasteiger partial charge on any atom is -0.493 e. The molecule has 1 fully saturated rings. The minimum atomic E-state index is 0.555. The van der Waals surface area contributed by atoms with Crippen LogP contribution < -0.4 is 14.4 Å². The molecule has 1 aliphatic heterocycles. The lowest BCUT2D eigenvalue weighted by atomic mass is 10.1. The van der Waals surface area contributed by atoms with Gasteiger partial charge >= 0.3 is 0 Å². The van der Waals surface area contributed by atoms with Crippen molar-refractivity contribution < 1.29 is 9.47 Å². The molecule has 0 amide bonds. The van der Waals surface area contributed by atoms with Gasteiger partial charge in [0.1, 0.15) is 5.69 Å². The zero-order valence-electron chi connectivity index (χ0n) is 21.3. The average Bonchev–Trinajstić information content (AvgIpc) is 3.56. The molecular formula is C27H34N6O2S. The number of anilines is 2. The van der Waals surface area contributed by atoms with Gasteiger partial charge in [0.25, 0.3) is 0 Å². The lowest BCUT2D eigenvalue weighted by Crippen LogP contribution is -2.32. The number of aromatic nitrogens is 4. The van der Waals surface area contributed by atoms with Gasteiger partial charge in [-0.25, -0.2) is 4.98 Å². The standard InChI is InChI=1S/C27H34N6O2S/c1-4-20-8-10-23-26(16-20)36-27(28-23)33(22-9-11-24(34-2)25(17-22)35-3)19-21-18-32(30-29-21)15-14-31-12-6-5-7-13-31/h8-11,16-18H,4-7,12-15,19H2,1-3H3. The molecular weight excluding hydrogens is 472 g/mol. The number of hydrogen-bond donors (Lipinski definition) is 0. The third-order valence-electron chi connectivity index (χ3n) is 6.76. The third kappa shape index (κ3) is 5.47. The Bertz CT molecular complexity index is 1300. The molecule has 5 rings (SSSR count). The van der Waals surface area contributed by atoms with Crippen LogP contribution >= 0.6 is 11.3 Å². The summed E-state index contributed by atoms with van der Waals surface area (Å²) in [5.41, 5.74) is 4.18. The molecule has 0 saturated carbocycles. The van der Waals surface area contributed by atoms with E-state index in [4.69, 9.17) is 14.5 Å². The van der Waals surface area contributed by atoms with Crippen molar-refractivity contribution in [3.8, 4) is 11.5 Å². The Balaban J connectivity index is 1.42. The molecule has 0 spiro atoms. The maximum absolute atomic E-state index is 5.59. The van der Waals surface area contributed by atoms with E-state index in [1.165, 1.54) is 42.6 Å². The lowest BCUT2D eigenvalue weighted by molar-refractivity contribution is 0.217. The van der Waals surface area contributed by atoms with E-state index >= 15 is 0 Å². The number of piperidine rings is 1. The van der Waals surface area contributed by atoms with Crippen molar-refractivity contribution in [3.63, 3.8) is 0 Å². The van der Waals surface area contributed by atoms with E-state index in [-0.39, 0.29) is 0 Å². The predicted octanol–water partition coefficient (Wildman–Crippen LogP) is 5.29. The van der Waals surface area contributed by atoms with Gasteiger partial charge in [-0.3, -0.25) is 4.68 Å². The number of hydrogen-bond acceptors (Lipinski definition) is 8. The SMILES string of the molecule is CCc1ccc2nc(N(Cc3cn(CCN4CCCCC4)nn3)c3ccc(OC)c(OC)c3)sc2c1. The highest BCUT2D eigenvalue weighted by Crippen LogP contribution is 2.38. The molecule has 0 radical (unpaired) electrons. The van der Waals surface area contributed by atoms with Crippen LogP contribution in [0, 0.1) is 0 Å². The van der Waals surface area contributed by atoms with Crippen molar-refractivity contribution in [1.82, 2.24) is 24.9 Å². The molecule has 9 heteroatoms. The van der Waals surface area contributed by atoms with Crippen molar-refractivity contribution in [1.29, 1.82) is 0 Å². The van der Waals surface area contributed by atoms with E-state index in [9.17, 15) is 0 Å². The number of fused-ring (bicyclic) bond motifs is 1. The first-order valence-corrected chi connectivity index (χ1v) is 13.5. The van der Waals surface area contributed by atoms with Crippen molar-refractivity contribution in [2.24, 2.45) is 0 Å². The van der Waals surface area contributed by atoms with Gasteiger partial charge < -0.3 is 19.3 Å². The molecule has 3 heterocycles. The van der Waals surface area contributed by atoms with Crippen molar-refractivity contribution >= 4 is 32.4 Å². The highest BCUT2D eigenvalue weighted by atomic mass is 32.1. The van der Waals surface area contributed by atoms with Gasteiger partial charge in [0, 0.05) is 18.3 Å². The van der Waals surface area contributed by atoms with E-state index in [2.05, 4.69) is 51.4 Å². The minimum absolute atomic E-state index is 0.555. The van der Waals surface area contributed by atoms with E-state index in [0.29, 0.717) is 18.0 Å². The van der Waals surface area contributed by atoms with Gasteiger partial charge in [-0.15, -0.1) is 5.10 Å². The molecule has 1 saturated heterocycles. The Morgan fingerprint density at radius 2 is 1.81 bits per heavy atom. The summed E-state index contributed by atoms with van der Waals surface area (Å²) in [4.78, 5) is 9.67. The number of thiazole rings is 1. The Morgan fingerprint density at radius 3 is 2.58 bits per heavy atom. The van der Waals surface area contributed by atoms with Crippen molar-refractivity contribution in [3.05, 3.63) is 53.9 Å². The maximum Gasteiger partial charge on any atom is 0.191 e. The molecule has 0 aliphatic carbocycles. The Hall–Kier alpha value is -3.17. The van der Waals surface area contributed by atoms with Crippen LogP contribution in [-0.4, -0.2) is 58.7 Å². The molecule has 0 unspecified atom stereocenters. The first kappa shape index (κ1) is 24.5. The summed E-state index contributed by atoms with van der Waals surface area (Å²) in [5, 5.41) is 9.83. The van der Waals surface area contributed by atoms with Crippen LogP contribution in [0.2, 0.25) is 0 Å². The summed E-state index contributed by atoms with van der Waals surface area (Å²) in [6.07, 6.45) is 7.00. The molecule has 1 aliphatic rings. The van der Waals surface area contributed by atoms with Gasteiger partial charge in [-0.05, 0) is 62.2 Å². The van der Waals surface area contributed by atoms with Gasteiger partial charge in [-0.1, -0.05) is 36.0 Å². The fourth-order valence-corrected chi connectivity index (χ4v) is 5.71. The van der Waals surface area contributed by atoms with Crippen molar-refractivity contribution in [2.45, 2.75) is 45.7 Å². The second-order valence-electron chi connectivity index (χ2n) is 9.15. The summed E-state index contributed by atoms with van der Waals surface area (Å²) in [6.45, 7) is 6.97. The molecule has 2 aromatic carbocycles. The fraction of sp³-hybridized carbons (Fsp3) is 0.444. The summed E-state index contributed by atoms with van der Waals surface area (Å²) >= 11 is 1.69. The second kappa shape index (κ2) is 11.3. The zero-order valence-corrected chi connectivity index (χ0v) is 22.1. The Labute approximate surface area is 216 Å². The van der Waals surface area contributed by atoms with Gasteiger partial charge in [-0.2, -0.15) is 0 Å².